The van der Waals surface area contributed by atoms with E-state index in [-0.39, 0.29) is 11.4 Å². The average molecular weight is 564 g/mol. The summed E-state index contributed by atoms with van der Waals surface area (Å²) in [5.41, 5.74) is 1.71. The third-order valence-corrected chi connectivity index (χ3v) is 7.62. The number of anilines is 1. The van der Waals surface area contributed by atoms with Crippen molar-refractivity contribution < 1.29 is 17.2 Å². The molecular weight excluding hydrogens is 536 g/mol. The van der Waals surface area contributed by atoms with Crippen LogP contribution in [-0.2, 0) is 16.6 Å². The molecule has 0 aliphatic heterocycles. The Balaban J connectivity index is 1.66. The number of benzene rings is 1. The van der Waals surface area contributed by atoms with Crippen LogP contribution in [0.3, 0.4) is 0 Å². The first kappa shape index (κ1) is 27.3. The van der Waals surface area contributed by atoms with E-state index in [1.54, 1.807) is 37.7 Å². The van der Waals surface area contributed by atoms with E-state index >= 15 is 0 Å². The number of halogens is 2. The summed E-state index contributed by atoms with van der Waals surface area (Å²) in [6, 6.07) is 18.3. The molecule has 2 N–H and O–H groups in total. The number of nitrogens with zero attached hydrogens (tertiary/aromatic N) is 5. The Hall–Kier alpha value is -4.29. The molecule has 1 aromatic carbocycles. The zero-order chi connectivity index (χ0) is 28.5. The molecule has 0 aliphatic rings. The van der Waals surface area contributed by atoms with Crippen molar-refractivity contribution in [3.05, 3.63) is 90.6 Å². The number of alkyl halides is 2. The maximum atomic E-state index is 13.8. The minimum Gasteiger partial charge on any atom is -0.363 e. The van der Waals surface area contributed by atoms with Gasteiger partial charge in [0.2, 0.25) is 10.0 Å². The van der Waals surface area contributed by atoms with Gasteiger partial charge in [-0.05, 0) is 50.6 Å². The summed E-state index contributed by atoms with van der Waals surface area (Å²) in [6.45, 7) is 5.22. The molecule has 40 heavy (non-hydrogen) atoms. The largest absolute Gasteiger partial charge is 0.363 e. The quantitative estimate of drug-likeness (QED) is 0.257. The fourth-order valence-corrected chi connectivity index (χ4v) is 5.83. The van der Waals surface area contributed by atoms with Crippen molar-refractivity contribution in [1.82, 2.24) is 29.3 Å². The highest BCUT2D eigenvalue weighted by Gasteiger charge is 2.30. The summed E-state index contributed by atoms with van der Waals surface area (Å²) in [7, 11) is -4.33. The highest BCUT2D eigenvalue weighted by Crippen LogP contribution is 2.33. The molecule has 0 amide bonds. The smallest absolute Gasteiger partial charge is 0.281 e. The first-order valence-corrected chi connectivity index (χ1v) is 13.9. The summed E-state index contributed by atoms with van der Waals surface area (Å²) in [4.78, 5) is 12.2. The van der Waals surface area contributed by atoms with Gasteiger partial charge in [0.15, 0.2) is 11.6 Å². The predicted octanol–water partition coefficient (Wildman–Crippen LogP) is 5.48. The number of pyridine rings is 2. The summed E-state index contributed by atoms with van der Waals surface area (Å²) in [5.74, 6) is 0.557. The Morgan fingerprint density at radius 2 is 1.73 bits per heavy atom. The molecule has 5 rings (SSSR count). The molecule has 0 spiro atoms. The molecule has 0 fully saturated rings. The lowest BCUT2D eigenvalue weighted by molar-refractivity contribution is 0.142. The van der Waals surface area contributed by atoms with Crippen molar-refractivity contribution in [2.24, 2.45) is 0 Å². The van der Waals surface area contributed by atoms with Crippen LogP contribution in [0, 0.1) is 0 Å². The van der Waals surface area contributed by atoms with Crippen LogP contribution in [0.5, 0.6) is 0 Å². The average Bonchev–Trinajstić information content (AvgIpc) is 3.35. The number of fused-ring (bicyclic) bond motifs is 1. The van der Waals surface area contributed by atoms with Gasteiger partial charge in [0.25, 0.3) is 6.43 Å². The van der Waals surface area contributed by atoms with Gasteiger partial charge in [-0.3, -0.25) is 9.97 Å². The minimum absolute atomic E-state index is 0.103. The fraction of sp³-hybridized carbons (Fsp3) is 0.214. The lowest BCUT2D eigenvalue weighted by Gasteiger charge is -2.21. The standard InChI is InChI=1S/C28H27F2N7O2S/c1-28(2,3)36-40(38,39)22-15-19(16-32-23(22)25(29)30)26-34-27(33-17-20-11-7-8-13-31-20)24-21(12-14-37(24)35-26)18-9-5-4-6-10-18/h4-16,25,36H,17H2,1-3H3,(H,33,34,35). The molecule has 0 unspecified atom stereocenters. The first-order chi connectivity index (χ1) is 19.0. The van der Waals surface area contributed by atoms with E-state index < -0.39 is 32.6 Å². The summed E-state index contributed by atoms with van der Waals surface area (Å²) in [6.07, 6.45) is 1.50. The molecule has 0 saturated heterocycles. The second-order valence-electron chi connectivity index (χ2n) is 10.1. The SMILES string of the molecule is CC(C)(C)NS(=O)(=O)c1cc(-c2nc(NCc3ccccn3)c3c(-c4ccccc4)ccn3n2)cnc1C(F)F. The van der Waals surface area contributed by atoms with Crippen molar-refractivity contribution in [3.63, 3.8) is 0 Å². The molecule has 206 valence electrons. The number of nitrogens with one attached hydrogen (secondary N) is 2. The monoisotopic (exact) mass is 563 g/mol. The topological polar surface area (TPSA) is 114 Å². The van der Waals surface area contributed by atoms with Crippen LogP contribution in [0.1, 0.15) is 38.6 Å². The molecule has 12 heteroatoms. The van der Waals surface area contributed by atoms with E-state index in [4.69, 9.17) is 4.98 Å². The van der Waals surface area contributed by atoms with Crippen molar-refractivity contribution in [2.75, 3.05) is 5.32 Å². The molecule has 0 bridgehead atoms. The zero-order valence-corrected chi connectivity index (χ0v) is 22.8. The normalized spacial score (nSPS) is 12.2. The number of aromatic nitrogens is 5. The predicted molar refractivity (Wildman–Crippen MR) is 148 cm³/mol. The number of rotatable bonds is 8. The van der Waals surface area contributed by atoms with Crippen molar-refractivity contribution >= 4 is 21.4 Å². The molecule has 0 radical (unpaired) electrons. The van der Waals surface area contributed by atoms with Gasteiger partial charge in [0, 0.05) is 35.3 Å². The second kappa shape index (κ2) is 10.7. The maximum absolute atomic E-state index is 13.8. The Bertz CT molecular complexity index is 1750. The van der Waals surface area contributed by atoms with Crippen LogP contribution in [0.25, 0.3) is 28.0 Å². The van der Waals surface area contributed by atoms with E-state index in [1.807, 2.05) is 54.6 Å². The Labute approximate surface area is 230 Å². The third-order valence-electron chi connectivity index (χ3n) is 5.84. The van der Waals surface area contributed by atoms with Gasteiger partial charge < -0.3 is 5.32 Å². The van der Waals surface area contributed by atoms with Gasteiger partial charge in [0.05, 0.1) is 12.2 Å². The van der Waals surface area contributed by atoms with Crippen LogP contribution >= 0.6 is 0 Å². The van der Waals surface area contributed by atoms with Crippen molar-refractivity contribution in [3.8, 4) is 22.5 Å². The van der Waals surface area contributed by atoms with Gasteiger partial charge in [0.1, 0.15) is 16.1 Å². The lowest BCUT2D eigenvalue weighted by Crippen LogP contribution is -2.41. The Morgan fingerprint density at radius 3 is 2.40 bits per heavy atom. The van der Waals surface area contributed by atoms with Gasteiger partial charge in [-0.25, -0.2) is 31.4 Å². The Morgan fingerprint density at radius 1 is 0.975 bits per heavy atom. The van der Waals surface area contributed by atoms with Crippen molar-refractivity contribution in [2.45, 2.75) is 44.2 Å². The van der Waals surface area contributed by atoms with Crippen LogP contribution < -0.4 is 10.0 Å². The lowest BCUT2D eigenvalue weighted by atomic mass is 10.1. The molecule has 4 aromatic heterocycles. The summed E-state index contributed by atoms with van der Waals surface area (Å²) < 4.78 is 57.9. The number of sulfonamides is 1. The highest BCUT2D eigenvalue weighted by molar-refractivity contribution is 7.89. The molecule has 0 aliphatic carbocycles. The molecule has 0 saturated carbocycles. The summed E-state index contributed by atoms with van der Waals surface area (Å²) >= 11 is 0. The van der Waals surface area contributed by atoms with Crippen LogP contribution in [0.4, 0.5) is 14.6 Å². The van der Waals surface area contributed by atoms with E-state index in [2.05, 4.69) is 25.1 Å². The molecular formula is C28H27F2N7O2S. The minimum atomic E-state index is -4.33. The van der Waals surface area contributed by atoms with Gasteiger partial charge in [-0.1, -0.05) is 36.4 Å². The molecule has 9 nitrogen and oxygen atoms in total. The maximum Gasteiger partial charge on any atom is 0.281 e. The third kappa shape index (κ3) is 5.82. The van der Waals surface area contributed by atoms with Crippen LogP contribution in [-0.4, -0.2) is 38.5 Å². The van der Waals surface area contributed by atoms with E-state index in [0.717, 1.165) is 29.1 Å². The van der Waals surface area contributed by atoms with E-state index in [0.29, 0.717) is 17.9 Å². The van der Waals surface area contributed by atoms with Gasteiger partial charge >= 0.3 is 0 Å². The zero-order valence-electron chi connectivity index (χ0n) is 22.0. The Kier molecular flexibility index (Phi) is 7.30. The second-order valence-corrected chi connectivity index (χ2v) is 11.8. The van der Waals surface area contributed by atoms with Crippen LogP contribution in [0.2, 0.25) is 0 Å². The number of hydrogen-bond donors (Lipinski definition) is 2. The van der Waals surface area contributed by atoms with E-state index in [9.17, 15) is 17.2 Å². The van der Waals surface area contributed by atoms with Crippen molar-refractivity contribution in [1.29, 1.82) is 0 Å². The summed E-state index contributed by atoms with van der Waals surface area (Å²) in [5, 5.41) is 7.90. The number of hydrogen-bond acceptors (Lipinski definition) is 7. The van der Waals surface area contributed by atoms with Crippen LogP contribution in [0.15, 0.2) is 84.1 Å². The fourth-order valence-electron chi connectivity index (χ4n) is 4.21. The molecule has 0 atom stereocenters. The van der Waals surface area contributed by atoms with Gasteiger partial charge in [-0.2, -0.15) is 0 Å². The van der Waals surface area contributed by atoms with E-state index in [1.165, 1.54) is 0 Å². The highest BCUT2D eigenvalue weighted by atomic mass is 32.2. The molecule has 5 aromatic rings. The molecule has 4 heterocycles. The first-order valence-electron chi connectivity index (χ1n) is 12.4. The van der Waals surface area contributed by atoms with Gasteiger partial charge in [-0.15, -0.1) is 5.10 Å².